The topological polar surface area (TPSA) is 66.1 Å². The monoisotopic (exact) mass is 341 g/mol. The molecule has 0 amide bonds. The molecule has 3 rings (SSSR count). The Labute approximate surface area is 133 Å². The molecule has 0 saturated carbocycles. The third kappa shape index (κ3) is 2.88. The summed E-state index contributed by atoms with van der Waals surface area (Å²) in [5.74, 6) is -2.19. The summed E-state index contributed by atoms with van der Waals surface area (Å²) in [6.45, 7) is 2.32. The number of aryl methyl sites for hydroxylation is 1. The van der Waals surface area contributed by atoms with Crippen LogP contribution < -0.4 is 0 Å². The molecular weight excluding hydrogens is 324 g/mol. The van der Waals surface area contributed by atoms with E-state index in [1.54, 1.807) is 6.20 Å². The maximum Gasteiger partial charge on any atom is 0.248 e. The number of sulfonamides is 1. The Balaban J connectivity index is 1.93. The summed E-state index contributed by atoms with van der Waals surface area (Å²) in [4.78, 5) is -0.873. The van der Waals surface area contributed by atoms with Crippen LogP contribution in [0.25, 0.3) is 0 Å². The summed E-state index contributed by atoms with van der Waals surface area (Å²) in [6, 6.07) is 3.06. The van der Waals surface area contributed by atoms with E-state index in [0.29, 0.717) is 6.42 Å². The third-order valence-corrected chi connectivity index (χ3v) is 6.09. The number of piperidine rings is 1. The second-order valence-electron chi connectivity index (χ2n) is 5.72. The second kappa shape index (κ2) is 6.01. The van der Waals surface area contributed by atoms with Gasteiger partial charge in [0.1, 0.15) is 11.6 Å². The number of H-pyrrole nitrogens is 1. The highest BCUT2D eigenvalue weighted by molar-refractivity contribution is 7.89. The highest BCUT2D eigenvalue weighted by Gasteiger charge is 2.35. The fourth-order valence-electron chi connectivity index (χ4n) is 3.02. The summed E-state index contributed by atoms with van der Waals surface area (Å²) in [5.41, 5.74) is 1.82. The lowest BCUT2D eigenvalue weighted by Crippen LogP contribution is -2.40. The number of aromatic nitrogens is 2. The Morgan fingerprint density at radius 3 is 2.61 bits per heavy atom. The molecule has 2 aromatic rings. The molecule has 1 atom stereocenters. The van der Waals surface area contributed by atoms with Crippen molar-refractivity contribution < 1.29 is 17.2 Å². The molecule has 1 aromatic heterocycles. The van der Waals surface area contributed by atoms with E-state index < -0.39 is 26.6 Å². The first kappa shape index (κ1) is 16.1. The lowest BCUT2D eigenvalue weighted by atomic mass is 9.94. The Hall–Kier alpha value is -1.80. The molecule has 1 aromatic carbocycles. The van der Waals surface area contributed by atoms with Gasteiger partial charge in [-0.05, 0) is 37.5 Å². The molecule has 5 nitrogen and oxygen atoms in total. The van der Waals surface area contributed by atoms with Gasteiger partial charge in [0.2, 0.25) is 10.0 Å². The number of rotatable bonds is 3. The molecule has 2 heterocycles. The summed E-state index contributed by atoms with van der Waals surface area (Å²) in [5, 5.41) is 6.85. The summed E-state index contributed by atoms with van der Waals surface area (Å²) >= 11 is 0. The zero-order valence-electron chi connectivity index (χ0n) is 12.6. The first-order chi connectivity index (χ1) is 10.9. The molecule has 1 aliphatic heterocycles. The van der Waals surface area contributed by atoms with Crippen molar-refractivity contribution in [1.29, 1.82) is 0 Å². The van der Waals surface area contributed by atoms with Crippen molar-refractivity contribution in [3.63, 3.8) is 0 Å². The lowest BCUT2D eigenvalue weighted by molar-refractivity contribution is 0.309. The number of nitrogens with zero attached hydrogens (tertiary/aromatic N) is 2. The molecule has 1 saturated heterocycles. The van der Waals surface area contributed by atoms with Gasteiger partial charge in [-0.2, -0.15) is 9.40 Å². The van der Waals surface area contributed by atoms with Crippen LogP contribution in [0.4, 0.5) is 8.78 Å². The molecule has 1 N–H and O–H groups in total. The predicted molar refractivity (Wildman–Crippen MR) is 80.4 cm³/mol. The van der Waals surface area contributed by atoms with E-state index in [9.17, 15) is 17.2 Å². The fourth-order valence-corrected chi connectivity index (χ4v) is 4.66. The zero-order chi connectivity index (χ0) is 16.6. The standard InChI is InChI=1S/C15H17F2N3O2S/c1-10-8-18-19-14(10)11-4-3-7-20(9-11)23(21,22)15-12(16)5-2-6-13(15)17/h2,5-6,8,11H,3-4,7,9H2,1H3,(H,18,19). The van der Waals surface area contributed by atoms with E-state index in [1.165, 1.54) is 0 Å². The molecular formula is C15H17F2N3O2S. The minimum absolute atomic E-state index is 0.0594. The zero-order valence-corrected chi connectivity index (χ0v) is 13.4. The maximum absolute atomic E-state index is 13.9. The molecule has 0 spiro atoms. The smallest absolute Gasteiger partial charge is 0.248 e. The number of nitrogens with one attached hydrogen (secondary N) is 1. The Bertz CT molecular complexity index is 800. The van der Waals surface area contributed by atoms with Crippen LogP contribution in [0.3, 0.4) is 0 Å². The normalized spacial score (nSPS) is 19.9. The van der Waals surface area contributed by atoms with Gasteiger partial charge in [-0.25, -0.2) is 17.2 Å². The second-order valence-corrected chi connectivity index (χ2v) is 7.59. The van der Waals surface area contributed by atoms with Gasteiger partial charge in [-0.3, -0.25) is 5.10 Å². The molecule has 8 heteroatoms. The molecule has 0 aliphatic carbocycles. The number of hydrogen-bond donors (Lipinski definition) is 1. The quantitative estimate of drug-likeness (QED) is 0.933. The van der Waals surface area contributed by atoms with Crippen LogP contribution in [0.15, 0.2) is 29.3 Å². The summed E-state index contributed by atoms with van der Waals surface area (Å²) < 4.78 is 54.2. The van der Waals surface area contributed by atoms with Crippen molar-refractivity contribution in [1.82, 2.24) is 14.5 Å². The lowest BCUT2D eigenvalue weighted by Gasteiger charge is -2.31. The molecule has 1 fully saturated rings. The van der Waals surface area contributed by atoms with Gasteiger partial charge >= 0.3 is 0 Å². The van der Waals surface area contributed by atoms with Gasteiger partial charge in [0.25, 0.3) is 0 Å². The number of aromatic amines is 1. The van der Waals surface area contributed by atoms with Crippen molar-refractivity contribution in [2.75, 3.05) is 13.1 Å². The largest absolute Gasteiger partial charge is 0.282 e. The van der Waals surface area contributed by atoms with E-state index >= 15 is 0 Å². The van der Waals surface area contributed by atoms with Crippen molar-refractivity contribution in [2.45, 2.75) is 30.6 Å². The highest BCUT2D eigenvalue weighted by Crippen LogP contribution is 2.32. The van der Waals surface area contributed by atoms with Gasteiger partial charge in [0.15, 0.2) is 4.90 Å². The Morgan fingerprint density at radius 2 is 2.00 bits per heavy atom. The molecule has 0 bridgehead atoms. The van der Waals surface area contributed by atoms with Crippen LogP contribution in [0.1, 0.15) is 30.0 Å². The van der Waals surface area contributed by atoms with E-state index in [0.717, 1.165) is 40.2 Å². The summed E-state index contributed by atoms with van der Waals surface area (Å²) in [7, 11) is -4.21. The van der Waals surface area contributed by atoms with Gasteiger partial charge in [-0.1, -0.05) is 6.07 Å². The summed E-state index contributed by atoms with van der Waals surface area (Å²) in [6.07, 6.45) is 3.10. The Morgan fingerprint density at radius 1 is 1.30 bits per heavy atom. The van der Waals surface area contributed by atoms with Crippen molar-refractivity contribution in [2.24, 2.45) is 0 Å². The van der Waals surface area contributed by atoms with Crippen molar-refractivity contribution in [3.8, 4) is 0 Å². The first-order valence-corrected chi connectivity index (χ1v) is 8.79. The van der Waals surface area contributed by atoms with Crippen LogP contribution in [-0.2, 0) is 10.0 Å². The SMILES string of the molecule is Cc1cn[nH]c1C1CCCN(S(=O)(=O)c2c(F)cccc2F)C1. The average molecular weight is 341 g/mol. The van der Waals surface area contributed by atoms with Gasteiger partial charge in [0, 0.05) is 24.7 Å². The maximum atomic E-state index is 13.9. The van der Waals surface area contributed by atoms with Gasteiger partial charge in [-0.15, -0.1) is 0 Å². The number of halogens is 2. The number of hydrogen-bond acceptors (Lipinski definition) is 3. The van der Waals surface area contributed by atoms with Gasteiger partial charge < -0.3 is 0 Å². The minimum atomic E-state index is -4.21. The van der Waals surface area contributed by atoms with Crippen LogP contribution in [-0.4, -0.2) is 36.0 Å². The van der Waals surface area contributed by atoms with E-state index in [1.807, 2.05) is 6.92 Å². The highest BCUT2D eigenvalue weighted by atomic mass is 32.2. The Kier molecular flexibility index (Phi) is 4.20. The predicted octanol–water partition coefficient (Wildman–Crippen LogP) is 2.56. The van der Waals surface area contributed by atoms with Crippen LogP contribution in [0.2, 0.25) is 0 Å². The number of benzene rings is 1. The third-order valence-electron chi connectivity index (χ3n) is 4.18. The van der Waals surface area contributed by atoms with E-state index in [-0.39, 0.29) is 19.0 Å². The van der Waals surface area contributed by atoms with Crippen LogP contribution in [0, 0.1) is 18.6 Å². The van der Waals surface area contributed by atoms with Crippen molar-refractivity contribution in [3.05, 3.63) is 47.3 Å². The molecule has 23 heavy (non-hydrogen) atoms. The van der Waals surface area contributed by atoms with Gasteiger partial charge in [0.05, 0.1) is 6.20 Å². The minimum Gasteiger partial charge on any atom is -0.282 e. The average Bonchev–Trinajstić information content (AvgIpc) is 2.93. The molecule has 1 unspecified atom stereocenters. The fraction of sp³-hybridized carbons (Fsp3) is 0.400. The molecule has 1 aliphatic rings. The molecule has 0 radical (unpaired) electrons. The van der Waals surface area contributed by atoms with Crippen LogP contribution in [0.5, 0.6) is 0 Å². The first-order valence-electron chi connectivity index (χ1n) is 7.35. The van der Waals surface area contributed by atoms with E-state index in [4.69, 9.17) is 0 Å². The van der Waals surface area contributed by atoms with Crippen molar-refractivity contribution >= 4 is 10.0 Å². The molecule has 124 valence electrons. The van der Waals surface area contributed by atoms with Crippen LogP contribution >= 0.6 is 0 Å². The van der Waals surface area contributed by atoms with E-state index in [2.05, 4.69) is 10.2 Å².